The van der Waals surface area contributed by atoms with Crippen molar-refractivity contribution in [1.82, 2.24) is 0 Å². The van der Waals surface area contributed by atoms with Crippen molar-refractivity contribution in [2.45, 2.75) is 0 Å². The average Bonchev–Trinajstić information content (AvgIpc) is 0. The normalized spacial score (nSPS) is 0. The van der Waals surface area contributed by atoms with E-state index in [9.17, 15) is 0 Å². The molecule has 2 radical (unpaired) electrons. The molecule has 10 N–H and O–H groups in total. The third-order valence-electron chi connectivity index (χ3n) is 0. The smallest absolute Gasteiger partial charge is 0.693 e. The third-order valence-corrected chi connectivity index (χ3v) is 0. The van der Waals surface area contributed by atoms with Crippen LogP contribution in [0.15, 0.2) is 0 Å². The van der Waals surface area contributed by atoms with Gasteiger partial charge in [-0.2, -0.15) is 0 Å². The van der Waals surface area contributed by atoms with Crippen molar-refractivity contribution in [2.75, 3.05) is 0 Å². The van der Waals surface area contributed by atoms with Crippen molar-refractivity contribution >= 4 is 0 Å². The minimum absolute atomic E-state index is 0. The summed E-state index contributed by atoms with van der Waals surface area (Å²) in [6.07, 6.45) is 0. The molecular formula is H10N5RuY. The summed E-state index contributed by atoms with van der Waals surface area (Å²) < 4.78 is 0. The Balaban J connectivity index is 0. The summed E-state index contributed by atoms with van der Waals surface area (Å²) in [5.41, 5.74) is 0. The molecular weight excluding hydrogens is 260 g/mol. The molecule has 0 fully saturated rings. The van der Waals surface area contributed by atoms with E-state index in [2.05, 4.69) is 0 Å². The van der Waals surface area contributed by atoms with Crippen LogP contribution in [0.3, 0.4) is 0 Å². The van der Waals surface area contributed by atoms with Crippen LogP contribution in [0.4, 0.5) is 0 Å². The largest absolute Gasteiger partial charge is 5.00 e. The fraction of sp³-hybridized carbons (Fsp3) is 0. The molecule has 0 aromatic rings. The van der Waals surface area contributed by atoms with E-state index in [1.54, 1.807) is 0 Å². The predicted octanol–water partition coefficient (Wildman–Crippen LogP) is 3.58. The molecule has 0 heterocycles. The van der Waals surface area contributed by atoms with Crippen LogP contribution in [-0.4, -0.2) is 0 Å². The number of hydrogen-bond donors (Lipinski definition) is 0. The first-order valence-electron chi connectivity index (χ1n) is 0. The quantitative estimate of drug-likeness (QED) is 0.586. The molecule has 0 aliphatic rings. The maximum absolute atomic E-state index is 0. The molecule has 0 atom stereocenters. The van der Waals surface area contributed by atoms with Crippen molar-refractivity contribution in [1.29, 1.82) is 0 Å². The fourth-order valence-corrected chi connectivity index (χ4v) is 0. The molecule has 0 saturated carbocycles. The molecule has 0 rings (SSSR count). The molecule has 0 aliphatic heterocycles. The average molecular weight is 270 g/mol. The summed E-state index contributed by atoms with van der Waals surface area (Å²) in [7, 11) is 0. The minimum Gasteiger partial charge on any atom is -0.693 e. The van der Waals surface area contributed by atoms with Gasteiger partial charge in [0.05, 0.1) is 0 Å². The van der Waals surface area contributed by atoms with Gasteiger partial charge in [-0.05, 0) is 0 Å². The number of hydrogen-bond acceptors (Lipinski definition) is 0. The maximum atomic E-state index is 0. The van der Waals surface area contributed by atoms with Crippen LogP contribution >= 0.6 is 0 Å². The second-order valence-corrected chi connectivity index (χ2v) is 0. The summed E-state index contributed by atoms with van der Waals surface area (Å²) in [4.78, 5) is 0. The molecule has 0 unspecified atom stereocenters. The van der Waals surface area contributed by atoms with Crippen molar-refractivity contribution in [3.63, 3.8) is 0 Å². The molecule has 0 aromatic carbocycles. The van der Waals surface area contributed by atoms with Gasteiger partial charge in [-0.1, -0.05) is 0 Å². The SMILES string of the molecule is [NH2-].[NH2-].[NH2-].[NH2-].[NH2-].[Ru+5].[Y]. The second-order valence-electron chi connectivity index (χ2n) is 0. The Bertz CT molecular complexity index is 8.04. The van der Waals surface area contributed by atoms with E-state index in [-0.39, 0.29) is 82.9 Å². The van der Waals surface area contributed by atoms with Crippen molar-refractivity contribution in [3.8, 4) is 0 Å². The van der Waals surface area contributed by atoms with Gasteiger partial charge in [0.15, 0.2) is 0 Å². The van der Waals surface area contributed by atoms with Gasteiger partial charge in [0, 0.05) is 32.7 Å². The van der Waals surface area contributed by atoms with Crippen molar-refractivity contribution < 1.29 is 52.2 Å². The molecule has 0 aliphatic carbocycles. The zero-order valence-electron chi connectivity index (χ0n) is 3.82. The zero-order valence-corrected chi connectivity index (χ0v) is 8.39. The van der Waals surface area contributed by atoms with Gasteiger partial charge in [0.1, 0.15) is 0 Å². The Morgan fingerprint density at radius 3 is 0.429 bits per heavy atom. The third kappa shape index (κ3) is 98.6. The van der Waals surface area contributed by atoms with Crippen LogP contribution in [0.25, 0.3) is 30.8 Å². The molecule has 0 bridgehead atoms. The van der Waals surface area contributed by atoms with E-state index >= 15 is 0 Å². The topological polar surface area (TPSA) is 168 Å². The van der Waals surface area contributed by atoms with E-state index in [1.165, 1.54) is 0 Å². The van der Waals surface area contributed by atoms with E-state index in [1.807, 2.05) is 0 Å². The van der Waals surface area contributed by atoms with Crippen LogP contribution in [-0.2, 0) is 52.2 Å². The predicted molar refractivity (Wildman–Crippen MR) is 26.4 cm³/mol. The van der Waals surface area contributed by atoms with E-state index in [0.29, 0.717) is 0 Å². The molecule has 0 spiro atoms. The summed E-state index contributed by atoms with van der Waals surface area (Å²) in [6.45, 7) is 0. The van der Waals surface area contributed by atoms with E-state index < -0.39 is 0 Å². The Hall–Kier alpha value is 1.53. The first-order chi connectivity index (χ1) is 0. The molecule has 5 nitrogen and oxygen atoms in total. The first-order valence-corrected chi connectivity index (χ1v) is 0. The first kappa shape index (κ1) is 207. The molecule has 0 amide bonds. The maximum Gasteiger partial charge on any atom is 5.00 e. The van der Waals surface area contributed by atoms with Crippen molar-refractivity contribution in [3.05, 3.63) is 30.8 Å². The monoisotopic (exact) mass is 271 g/mol. The van der Waals surface area contributed by atoms with Gasteiger partial charge in [-0.15, -0.1) is 0 Å². The fourth-order valence-electron chi connectivity index (χ4n) is 0. The van der Waals surface area contributed by atoms with Crippen LogP contribution in [0.1, 0.15) is 0 Å². The van der Waals surface area contributed by atoms with Gasteiger partial charge < -0.3 is 30.8 Å². The van der Waals surface area contributed by atoms with Gasteiger partial charge in [-0.3, -0.25) is 0 Å². The Kier molecular flexibility index (Phi) is 4070. The summed E-state index contributed by atoms with van der Waals surface area (Å²) in [5.74, 6) is 0. The van der Waals surface area contributed by atoms with Crippen LogP contribution < -0.4 is 0 Å². The second kappa shape index (κ2) is 137. The standard InChI is InChI=1S/5H2N.Ru.Y/h5*1H2;;/q5*-1;+5;. The Morgan fingerprint density at radius 2 is 0.429 bits per heavy atom. The van der Waals surface area contributed by atoms with E-state index in [0.717, 1.165) is 0 Å². The number of nitrogens with two attached hydrogens (primary N) is 5. The van der Waals surface area contributed by atoms with Crippen LogP contribution in [0.2, 0.25) is 0 Å². The van der Waals surface area contributed by atoms with Gasteiger partial charge >= 0.3 is 19.5 Å². The van der Waals surface area contributed by atoms with Gasteiger partial charge in [-0.25, -0.2) is 0 Å². The van der Waals surface area contributed by atoms with Gasteiger partial charge in [0.2, 0.25) is 0 Å². The van der Waals surface area contributed by atoms with E-state index in [4.69, 9.17) is 0 Å². The van der Waals surface area contributed by atoms with Crippen molar-refractivity contribution in [2.24, 2.45) is 0 Å². The van der Waals surface area contributed by atoms with Crippen LogP contribution in [0.5, 0.6) is 0 Å². The summed E-state index contributed by atoms with van der Waals surface area (Å²) in [5, 5.41) is 0. The number of rotatable bonds is 0. The van der Waals surface area contributed by atoms with Crippen LogP contribution in [0, 0.1) is 0 Å². The Labute approximate surface area is 82.3 Å². The molecule has 0 saturated heterocycles. The molecule has 0 aromatic heterocycles. The summed E-state index contributed by atoms with van der Waals surface area (Å²) in [6, 6.07) is 0. The summed E-state index contributed by atoms with van der Waals surface area (Å²) >= 11 is 0. The Morgan fingerprint density at radius 1 is 0.429 bits per heavy atom. The zero-order chi connectivity index (χ0) is 0. The minimum atomic E-state index is 0. The molecule has 7 heavy (non-hydrogen) atoms. The molecule has 7 heteroatoms. The molecule has 46 valence electrons. The van der Waals surface area contributed by atoms with Gasteiger partial charge in [0.25, 0.3) is 0 Å².